The molecule has 0 aromatic heterocycles. The number of benzene rings is 2. The van der Waals surface area contributed by atoms with E-state index >= 15 is 0 Å². The van der Waals surface area contributed by atoms with Crippen LogP contribution in [0.15, 0.2) is 71.6 Å². The van der Waals surface area contributed by atoms with Crippen LogP contribution in [0.25, 0.3) is 0 Å². The molecule has 0 saturated carbocycles. The number of rotatable bonds is 2. The van der Waals surface area contributed by atoms with Crippen LogP contribution in [0.4, 0.5) is 0 Å². The molecule has 2 unspecified atom stereocenters. The van der Waals surface area contributed by atoms with Gasteiger partial charge in [-0.25, -0.2) is 0 Å². The van der Waals surface area contributed by atoms with Crippen LogP contribution in [0.5, 0.6) is 0 Å². The van der Waals surface area contributed by atoms with E-state index in [1.807, 2.05) is 0 Å². The predicted octanol–water partition coefficient (Wildman–Crippen LogP) is 2.37. The molecule has 2 atom stereocenters. The van der Waals surface area contributed by atoms with Crippen molar-refractivity contribution in [2.45, 2.75) is 11.6 Å². The van der Waals surface area contributed by atoms with E-state index < -0.39 is 25.2 Å². The number of hydrogen-bond acceptors (Lipinski definition) is 0. The van der Waals surface area contributed by atoms with E-state index in [0.717, 1.165) is 0 Å². The summed E-state index contributed by atoms with van der Waals surface area (Å²) in [5, 5.41) is 1.46. The van der Waals surface area contributed by atoms with Gasteiger partial charge >= 0.3 is 117 Å². The van der Waals surface area contributed by atoms with Crippen molar-refractivity contribution < 1.29 is 0 Å². The summed E-state index contributed by atoms with van der Waals surface area (Å²) >= 11 is -1.78. The molecular weight excluding hydrogens is 342 g/mol. The van der Waals surface area contributed by atoms with E-state index in [-0.39, 0.29) is 0 Å². The van der Waals surface area contributed by atoms with E-state index in [1.54, 1.807) is 8.70 Å². The second kappa shape index (κ2) is 5.96. The minimum atomic E-state index is -0.938. The summed E-state index contributed by atoms with van der Waals surface area (Å²) in [7, 11) is 0. The Morgan fingerprint density at radius 1 is 0.722 bits per heavy atom. The maximum absolute atomic E-state index is 2.60. The summed E-state index contributed by atoms with van der Waals surface area (Å²) in [6, 6.07) is 22.5. The molecular formula is C16H16As2. The van der Waals surface area contributed by atoms with Gasteiger partial charge in [-0.2, -0.15) is 0 Å². The van der Waals surface area contributed by atoms with Gasteiger partial charge in [0.2, 0.25) is 0 Å². The molecule has 0 aliphatic carbocycles. The van der Waals surface area contributed by atoms with Crippen molar-refractivity contribution in [3.8, 4) is 0 Å². The molecule has 0 spiro atoms. The quantitative estimate of drug-likeness (QED) is 0.724. The molecule has 90 valence electrons. The van der Waals surface area contributed by atoms with Crippen molar-refractivity contribution in [3.05, 3.63) is 71.6 Å². The molecule has 0 fully saturated rings. The Kier molecular flexibility index (Phi) is 4.08. The SMILES string of the molecule is C1=C[As](c2ccccc2)[As](c2ccccc2)CC1. The third-order valence-corrected chi connectivity index (χ3v) is 24.6. The average Bonchev–Trinajstić information content (AvgIpc) is 2.49. The third kappa shape index (κ3) is 2.66. The summed E-state index contributed by atoms with van der Waals surface area (Å²) in [6.45, 7) is 0. The summed E-state index contributed by atoms with van der Waals surface area (Å²) in [5.41, 5.74) is 0. The van der Waals surface area contributed by atoms with E-state index in [9.17, 15) is 0 Å². The van der Waals surface area contributed by atoms with Crippen LogP contribution in [0.3, 0.4) is 0 Å². The molecule has 18 heavy (non-hydrogen) atoms. The van der Waals surface area contributed by atoms with Crippen molar-refractivity contribution in [3.63, 3.8) is 0 Å². The first-order chi connectivity index (χ1) is 8.95. The standard InChI is InChI=1S/C16H16As2/c1-3-9-15(10-4-1)17-13-7-8-14-18(17)16-11-5-2-6-12-16/h1-7,9-13H,8,14H2. The van der Waals surface area contributed by atoms with Gasteiger partial charge in [0.15, 0.2) is 0 Å². The third-order valence-electron chi connectivity index (χ3n) is 3.09. The van der Waals surface area contributed by atoms with E-state index in [2.05, 4.69) is 71.6 Å². The average molecular weight is 358 g/mol. The molecule has 2 aromatic rings. The van der Waals surface area contributed by atoms with Gasteiger partial charge in [-0.3, -0.25) is 0 Å². The van der Waals surface area contributed by atoms with Gasteiger partial charge in [0.25, 0.3) is 0 Å². The molecule has 0 saturated heterocycles. The fourth-order valence-corrected chi connectivity index (χ4v) is 23.7. The summed E-state index contributed by atoms with van der Waals surface area (Å²) < 4.78 is 3.32. The Labute approximate surface area is 117 Å². The summed E-state index contributed by atoms with van der Waals surface area (Å²) in [4.78, 5) is 2.60. The molecule has 2 heteroatoms. The van der Waals surface area contributed by atoms with Crippen LogP contribution in [-0.4, -0.2) is 25.2 Å². The van der Waals surface area contributed by atoms with Crippen molar-refractivity contribution in [2.24, 2.45) is 0 Å². The predicted molar refractivity (Wildman–Crippen MR) is 82.2 cm³/mol. The second-order valence-corrected chi connectivity index (χ2v) is 21.1. The molecule has 0 radical (unpaired) electrons. The van der Waals surface area contributed by atoms with Crippen molar-refractivity contribution in [1.82, 2.24) is 0 Å². The molecule has 0 bridgehead atoms. The van der Waals surface area contributed by atoms with Crippen LogP contribution in [0.1, 0.15) is 6.42 Å². The van der Waals surface area contributed by atoms with Crippen LogP contribution in [0.2, 0.25) is 5.21 Å². The molecule has 1 heterocycles. The Balaban J connectivity index is 1.96. The Bertz CT molecular complexity index is 519. The molecule has 2 aromatic carbocycles. The van der Waals surface area contributed by atoms with Crippen molar-refractivity contribution >= 4 is 33.9 Å². The first kappa shape index (κ1) is 12.3. The fraction of sp³-hybridized carbons (Fsp3) is 0.125. The first-order valence-corrected chi connectivity index (χ1v) is 15.8. The fourth-order valence-electron chi connectivity index (χ4n) is 2.22. The number of allylic oxidation sites excluding steroid dienone is 1. The van der Waals surface area contributed by atoms with Crippen LogP contribution < -0.4 is 8.70 Å². The van der Waals surface area contributed by atoms with Crippen LogP contribution >= 0.6 is 0 Å². The minimum absolute atomic E-state index is 0.844. The van der Waals surface area contributed by atoms with E-state index in [4.69, 9.17) is 0 Å². The zero-order chi connectivity index (χ0) is 12.2. The second-order valence-electron chi connectivity index (χ2n) is 4.31. The molecule has 1 aliphatic rings. The molecule has 3 rings (SSSR count). The first-order valence-electron chi connectivity index (χ1n) is 6.28. The monoisotopic (exact) mass is 358 g/mol. The van der Waals surface area contributed by atoms with Crippen molar-refractivity contribution in [2.75, 3.05) is 0 Å². The van der Waals surface area contributed by atoms with Gasteiger partial charge in [0, 0.05) is 0 Å². The van der Waals surface area contributed by atoms with Gasteiger partial charge in [0.05, 0.1) is 0 Å². The van der Waals surface area contributed by atoms with Gasteiger partial charge in [-0.05, 0) is 0 Å². The van der Waals surface area contributed by atoms with Gasteiger partial charge < -0.3 is 0 Å². The summed E-state index contributed by atoms with van der Waals surface area (Å²) in [6.07, 6.45) is 3.73. The zero-order valence-corrected chi connectivity index (χ0v) is 14.0. The Morgan fingerprint density at radius 3 is 2.00 bits per heavy atom. The van der Waals surface area contributed by atoms with E-state index in [0.29, 0.717) is 0 Å². The van der Waals surface area contributed by atoms with Gasteiger partial charge in [-0.1, -0.05) is 0 Å². The normalized spacial score (nSPS) is 22.9. The molecule has 1 aliphatic heterocycles. The van der Waals surface area contributed by atoms with Gasteiger partial charge in [0.1, 0.15) is 0 Å². The topological polar surface area (TPSA) is 0 Å². The Morgan fingerprint density at radius 2 is 1.33 bits per heavy atom. The number of hydrogen-bond donors (Lipinski definition) is 0. The van der Waals surface area contributed by atoms with Crippen LogP contribution in [-0.2, 0) is 0 Å². The van der Waals surface area contributed by atoms with Crippen molar-refractivity contribution in [1.29, 1.82) is 0 Å². The molecule has 0 N–H and O–H groups in total. The summed E-state index contributed by atoms with van der Waals surface area (Å²) in [5.74, 6) is 0. The zero-order valence-electron chi connectivity index (χ0n) is 10.2. The van der Waals surface area contributed by atoms with Gasteiger partial charge in [-0.15, -0.1) is 0 Å². The van der Waals surface area contributed by atoms with Crippen LogP contribution in [0, 0.1) is 0 Å². The maximum atomic E-state index is 2.60. The molecule has 0 amide bonds. The van der Waals surface area contributed by atoms with E-state index in [1.165, 1.54) is 11.6 Å². The Hall–Kier alpha value is -0.703. The molecule has 0 nitrogen and oxygen atoms in total.